The molecule has 2 aromatic rings. The number of hydrogen-bond acceptors (Lipinski definition) is 4. The lowest BCUT2D eigenvalue weighted by molar-refractivity contribution is -0.129. The van der Waals surface area contributed by atoms with Gasteiger partial charge in [-0.1, -0.05) is 0 Å². The molecular weight excluding hydrogens is 328 g/mol. The van der Waals surface area contributed by atoms with Crippen LogP contribution in [0, 0.1) is 18.8 Å². The van der Waals surface area contributed by atoms with Crippen LogP contribution in [0.3, 0.4) is 0 Å². The summed E-state index contributed by atoms with van der Waals surface area (Å²) in [6.45, 7) is 3.63. The average molecular weight is 354 g/mol. The number of hydrogen-bond donors (Lipinski definition) is 1. The first-order valence-electron chi connectivity index (χ1n) is 9.77. The quantitative estimate of drug-likeness (QED) is 0.890. The average Bonchev–Trinajstić information content (AvgIpc) is 3.55. The Bertz CT molecular complexity index is 831. The van der Waals surface area contributed by atoms with Crippen molar-refractivity contribution < 1.29 is 4.79 Å². The van der Waals surface area contributed by atoms with E-state index in [1.807, 2.05) is 29.7 Å². The molecule has 138 valence electrons. The summed E-state index contributed by atoms with van der Waals surface area (Å²) in [4.78, 5) is 19.7. The van der Waals surface area contributed by atoms with Crippen molar-refractivity contribution in [3.8, 4) is 0 Å². The van der Waals surface area contributed by atoms with E-state index in [1.54, 1.807) is 0 Å². The second-order valence-corrected chi connectivity index (χ2v) is 8.32. The molecule has 1 aliphatic heterocycles. The van der Waals surface area contributed by atoms with Gasteiger partial charge in [0.1, 0.15) is 5.82 Å². The van der Waals surface area contributed by atoms with E-state index in [4.69, 9.17) is 4.98 Å². The van der Waals surface area contributed by atoms with Crippen LogP contribution in [0.2, 0.25) is 0 Å². The van der Waals surface area contributed by atoms with Gasteiger partial charge in [-0.15, -0.1) is 0 Å². The molecule has 2 saturated carbocycles. The van der Waals surface area contributed by atoms with Gasteiger partial charge in [-0.05, 0) is 44.4 Å². The first kappa shape index (κ1) is 16.0. The Labute approximate surface area is 153 Å². The van der Waals surface area contributed by atoms with Crippen LogP contribution in [0.15, 0.2) is 6.20 Å². The summed E-state index contributed by atoms with van der Waals surface area (Å²) in [6, 6.07) is 0. The molecule has 0 radical (unpaired) electrons. The lowest BCUT2D eigenvalue weighted by Gasteiger charge is -2.16. The van der Waals surface area contributed by atoms with Crippen LogP contribution in [0.1, 0.15) is 60.4 Å². The zero-order valence-corrected chi connectivity index (χ0v) is 15.5. The highest BCUT2D eigenvalue weighted by molar-refractivity contribution is 5.79. The Morgan fingerprint density at radius 3 is 2.73 bits per heavy atom. The predicted molar refractivity (Wildman–Crippen MR) is 95.5 cm³/mol. The van der Waals surface area contributed by atoms with E-state index in [-0.39, 0.29) is 5.91 Å². The second kappa shape index (κ2) is 5.93. The standard InChI is InChI=1S/C19H26N6O/c1-11-14(8-20-24(11)2)7-17(26)25-9-15(12-3-4-12)16(10-25)19-21-18(22-23-19)13-5-6-13/h8,12-13,15-16H,3-7,9-10H2,1-2H3,(H,21,22,23)/t15-,16+/m1/s1. The molecule has 0 bridgehead atoms. The lowest BCUT2D eigenvalue weighted by Crippen LogP contribution is -2.30. The minimum atomic E-state index is 0.205. The fraction of sp³-hybridized carbons (Fsp3) is 0.684. The first-order valence-corrected chi connectivity index (χ1v) is 9.77. The number of rotatable bonds is 5. The number of nitrogens with one attached hydrogen (secondary N) is 1. The molecule has 3 aliphatic rings. The number of carbonyl (C=O) groups excluding carboxylic acids is 1. The number of nitrogens with zero attached hydrogens (tertiary/aromatic N) is 5. The molecule has 26 heavy (non-hydrogen) atoms. The molecule has 2 aromatic heterocycles. The fourth-order valence-corrected chi connectivity index (χ4v) is 4.29. The van der Waals surface area contributed by atoms with E-state index in [0.29, 0.717) is 24.2 Å². The molecular formula is C19H26N6O. The van der Waals surface area contributed by atoms with Crippen molar-refractivity contribution in [2.45, 2.75) is 50.9 Å². The lowest BCUT2D eigenvalue weighted by atomic mass is 9.91. The fourth-order valence-electron chi connectivity index (χ4n) is 4.29. The molecule has 5 rings (SSSR count). The molecule has 2 atom stereocenters. The Kier molecular flexibility index (Phi) is 3.65. The molecule has 3 heterocycles. The van der Waals surface area contributed by atoms with Gasteiger partial charge in [0, 0.05) is 43.2 Å². The van der Waals surface area contributed by atoms with Gasteiger partial charge in [0.25, 0.3) is 0 Å². The molecule has 1 N–H and O–H groups in total. The van der Waals surface area contributed by atoms with E-state index < -0.39 is 0 Å². The number of carbonyl (C=O) groups is 1. The maximum absolute atomic E-state index is 12.9. The number of H-pyrrole nitrogens is 1. The Morgan fingerprint density at radius 2 is 2.08 bits per heavy atom. The molecule has 7 nitrogen and oxygen atoms in total. The van der Waals surface area contributed by atoms with Gasteiger partial charge in [-0.3, -0.25) is 14.6 Å². The van der Waals surface area contributed by atoms with Crippen molar-refractivity contribution in [2.75, 3.05) is 13.1 Å². The van der Waals surface area contributed by atoms with E-state index in [2.05, 4.69) is 15.3 Å². The SMILES string of the molecule is Cc1c(CC(=O)N2C[C@H](c3nc(C4CC4)n[nH]3)[C@@H](C3CC3)C2)cnn1C. The Morgan fingerprint density at radius 1 is 1.27 bits per heavy atom. The zero-order chi connectivity index (χ0) is 17.8. The summed E-state index contributed by atoms with van der Waals surface area (Å²) < 4.78 is 1.83. The molecule has 1 amide bonds. The zero-order valence-electron chi connectivity index (χ0n) is 15.5. The predicted octanol–water partition coefficient (Wildman–Crippen LogP) is 1.92. The normalized spacial score (nSPS) is 25.8. The third kappa shape index (κ3) is 2.83. The summed E-state index contributed by atoms with van der Waals surface area (Å²) in [7, 11) is 1.92. The largest absolute Gasteiger partial charge is 0.341 e. The molecule has 3 fully saturated rings. The maximum Gasteiger partial charge on any atom is 0.227 e. The number of likely N-dealkylation sites (tertiary alicyclic amines) is 1. The molecule has 7 heteroatoms. The monoisotopic (exact) mass is 354 g/mol. The molecule has 0 unspecified atom stereocenters. The van der Waals surface area contributed by atoms with Crippen molar-refractivity contribution >= 4 is 5.91 Å². The maximum atomic E-state index is 12.9. The van der Waals surface area contributed by atoms with Crippen LogP contribution in [-0.2, 0) is 18.3 Å². The van der Waals surface area contributed by atoms with Gasteiger partial charge in [0.15, 0.2) is 5.82 Å². The van der Waals surface area contributed by atoms with Crippen molar-refractivity contribution in [1.29, 1.82) is 0 Å². The highest BCUT2D eigenvalue weighted by Gasteiger charge is 2.46. The van der Waals surface area contributed by atoms with Crippen LogP contribution in [0.4, 0.5) is 0 Å². The molecule has 0 aromatic carbocycles. The summed E-state index contributed by atoms with van der Waals surface area (Å²) in [5, 5.41) is 11.9. The Hall–Kier alpha value is -2.18. The van der Waals surface area contributed by atoms with E-state index >= 15 is 0 Å². The molecule has 2 aliphatic carbocycles. The van der Waals surface area contributed by atoms with E-state index in [1.165, 1.54) is 25.7 Å². The van der Waals surface area contributed by atoms with Crippen molar-refractivity contribution in [3.63, 3.8) is 0 Å². The second-order valence-electron chi connectivity index (χ2n) is 8.32. The van der Waals surface area contributed by atoms with Crippen LogP contribution < -0.4 is 0 Å². The number of aromatic amines is 1. The van der Waals surface area contributed by atoms with Crippen LogP contribution in [0.5, 0.6) is 0 Å². The van der Waals surface area contributed by atoms with Gasteiger partial charge >= 0.3 is 0 Å². The molecule has 0 spiro atoms. The summed E-state index contributed by atoms with van der Waals surface area (Å²) in [5.41, 5.74) is 2.09. The summed E-state index contributed by atoms with van der Waals surface area (Å²) in [5.74, 6) is 4.31. The van der Waals surface area contributed by atoms with Gasteiger partial charge in [-0.2, -0.15) is 10.2 Å². The minimum absolute atomic E-state index is 0.205. The Balaban J connectivity index is 1.32. The number of aryl methyl sites for hydroxylation is 1. The highest BCUT2D eigenvalue weighted by atomic mass is 16.2. The topological polar surface area (TPSA) is 79.7 Å². The number of amides is 1. The van der Waals surface area contributed by atoms with Crippen LogP contribution >= 0.6 is 0 Å². The van der Waals surface area contributed by atoms with Gasteiger partial charge < -0.3 is 4.90 Å². The van der Waals surface area contributed by atoms with Crippen molar-refractivity contribution in [2.24, 2.45) is 18.9 Å². The first-order chi connectivity index (χ1) is 12.6. The minimum Gasteiger partial charge on any atom is -0.341 e. The van der Waals surface area contributed by atoms with Gasteiger partial charge in [0.05, 0.1) is 12.6 Å². The van der Waals surface area contributed by atoms with Gasteiger partial charge in [0.2, 0.25) is 5.91 Å². The van der Waals surface area contributed by atoms with E-state index in [0.717, 1.165) is 41.9 Å². The van der Waals surface area contributed by atoms with Crippen LogP contribution in [-0.4, -0.2) is 48.9 Å². The van der Waals surface area contributed by atoms with Crippen LogP contribution in [0.25, 0.3) is 0 Å². The summed E-state index contributed by atoms with van der Waals surface area (Å²) >= 11 is 0. The molecule has 1 saturated heterocycles. The van der Waals surface area contributed by atoms with Crippen molar-refractivity contribution in [1.82, 2.24) is 29.9 Å². The third-order valence-electron chi connectivity index (χ3n) is 6.44. The van der Waals surface area contributed by atoms with Crippen molar-refractivity contribution in [3.05, 3.63) is 29.1 Å². The van der Waals surface area contributed by atoms with Gasteiger partial charge in [-0.25, -0.2) is 4.98 Å². The van der Waals surface area contributed by atoms with E-state index in [9.17, 15) is 4.79 Å². The smallest absolute Gasteiger partial charge is 0.227 e. The summed E-state index contributed by atoms with van der Waals surface area (Å²) in [6.07, 6.45) is 7.25. The third-order valence-corrected chi connectivity index (χ3v) is 6.44. The highest BCUT2D eigenvalue weighted by Crippen LogP contribution is 2.47. The number of aromatic nitrogens is 5.